The molecule has 21 heavy (non-hydrogen) atoms. The largest absolute Gasteiger partial charge is 0.314 e. The van der Waals surface area contributed by atoms with E-state index in [2.05, 4.69) is 24.1 Å². The molecule has 0 amide bonds. The topological polar surface area (TPSA) is 15.3 Å². The Kier molecular flexibility index (Phi) is 6.65. The number of nitrogens with one attached hydrogen (secondary N) is 1. The number of benzene rings is 1. The molecule has 0 saturated carbocycles. The van der Waals surface area contributed by atoms with Crippen LogP contribution in [0, 0.1) is 11.7 Å². The van der Waals surface area contributed by atoms with Gasteiger partial charge in [-0.05, 0) is 69.8 Å². The summed E-state index contributed by atoms with van der Waals surface area (Å²) in [5.74, 6) is 0.643. The Morgan fingerprint density at radius 1 is 1.38 bits per heavy atom. The zero-order chi connectivity index (χ0) is 15.1. The van der Waals surface area contributed by atoms with E-state index in [4.69, 9.17) is 0 Å². The van der Waals surface area contributed by atoms with Gasteiger partial charge in [-0.1, -0.05) is 25.1 Å². The molecule has 1 aromatic rings. The highest BCUT2D eigenvalue weighted by Gasteiger charge is 2.23. The average Bonchev–Trinajstić information content (AvgIpc) is 2.50. The van der Waals surface area contributed by atoms with Crippen molar-refractivity contribution >= 4 is 0 Å². The van der Waals surface area contributed by atoms with Gasteiger partial charge in [-0.2, -0.15) is 0 Å². The summed E-state index contributed by atoms with van der Waals surface area (Å²) in [5.41, 5.74) is 0.813. The lowest BCUT2D eigenvalue weighted by Gasteiger charge is -2.36. The third-order valence-corrected chi connectivity index (χ3v) is 4.61. The van der Waals surface area contributed by atoms with Crippen LogP contribution >= 0.6 is 0 Å². The van der Waals surface area contributed by atoms with Gasteiger partial charge in [0, 0.05) is 12.6 Å². The van der Waals surface area contributed by atoms with E-state index in [-0.39, 0.29) is 5.82 Å². The molecule has 3 heteroatoms. The number of hydrogen-bond donors (Lipinski definition) is 1. The van der Waals surface area contributed by atoms with E-state index in [1.165, 1.54) is 38.9 Å². The first-order valence-corrected chi connectivity index (χ1v) is 8.40. The minimum atomic E-state index is -0.0845. The number of hydrogen-bond acceptors (Lipinski definition) is 2. The summed E-state index contributed by atoms with van der Waals surface area (Å²) >= 11 is 0. The van der Waals surface area contributed by atoms with Crippen molar-refractivity contribution in [2.24, 2.45) is 5.92 Å². The molecular formula is C18H29FN2. The van der Waals surface area contributed by atoms with Crippen molar-refractivity contribution in [1.29, 1.82) is 0 Å². The third-order valence-electron chi connectivity index (χ3n) is 4.61. The smallest absolute Gasteiger partial charge is 0.126 e. The van der Waals surface area contributed by atoms with Crippen LogP contribution < -0.4 is 5.32 Å². The fourth-order valence-electron chi connectivity index (χ4n) is 3.32. The van der Waals surface area contributed by atoms with E-state index in [9.17, 15) is 4.39 Å². The first kappa shape index (κ1) is 16.4. The molecule has 2 rings (SSSR count). The van der Waals surface area contributed by atoms with Crippen LogP contribution in [0.3, 0.4) is 0 Å². The molecule has 1 N–H and O–H groups in total. The van der Waals surface area contributed by atoms with Crippen molar-refractivity contribution in [2.45, 2.75) is 45.6 Å². The van der Waals surface area contributed by atoms with Gasteiger partial charge in [-0.3, -0.25) is 0 Å². The summed E-state index contributed by atoms with van der Waals surface area (Å²) in [4.78, 5) is 2.59. The third kappa shape index (κ3) is 5.08. The summed E-state index contributed by atoms with van der Waals surface area (Å²) in [6.45, 7) is 9.07. The van der Waals surface area contributed by atoms with Gasteiger partial charge >= 0.3 is 0 Å². The van der Waals surface area contributed by atoms with Crippen LogP contribution in [0.2, 0.25) is 0 Å². The van der Waals surface area contributed by atoms with Gasteiger partial charge in [0.2, 0.25) is 0 Å². The molecule has 2 nitrogen and oxygen atoms in total. The Morgan fingerprint density at radius 2 is 2.19 bits per heavy atom. The maximum atomic E-state index is 13.6. The Morgan fingerprint density at radius 3 is 2.95 bits per heavy atom. The fourth-order valence-corrected chi connectivity index (χ4v) is 3.32. The highest BCUT2D eigenvalue weighted by Crippen LogP contribution is 2.20. The van der Waals surface area contributed by atoms with Crippen molar-refractivity contribution in [3.63, 3.8) is 0 Å². The number of halogens is 1. The van der Waals surface area contributed by atoms with E-state index in [0.29, 0.717) is 6.04 Å². The molecule has 1 aliphatic heterocycles. The predicted molar refractivity (Wildman–Crippen MR) is 87.0 cm³/mol. The van der Waals surface area contributed by atoms with Crippen molar-refractivity contribution in [3.8, 4) is 0 Å². The zero-order valence-corrected chi connectivity index (χ0v) is 13.4. The molecular weight excluding hydrogens is 263 g/mol. The summed E-state index contributed by atoms with van der Waals surface area (Å²) in [6, 6.07) is 7.59. The summed E-state index contributed by atoms with van der Waals surface area (Å²) < 4.78 is 13.6. The van der Waals surface area contributed by atoms with Crippen LogP contribution in [-0.2, 0) is 6.42 Å². The van der Waals surface area contributed by atoms with Gasteiger partial charge in [0.25, 0.3) is 0 Å². The van der Waals surface area contributed by atoms with Crippen LogP contribution in [-0.4, -0.2) is 37.1 Å². The zero-order valence-electron chi connectivity index (χ0n) is 13.4. The van der Waals surface area contributed by atoms with Crippen LogP contribution in [0.15, 0.2) is 24.3 Å². The molecule has 2 atom stereocenters. The minimum absolute atomic E-state index is 0.0845. The van der Waals surface area contributed by atoms with Gasteiger partial charge in [-0.25, -0.2) is 4.39 Å². The second kappa shape index (κ2) is 8.50. The molecule has 1 saturated heterocycles. The first-order chi connectivity index (χ1) is 10.2. The molecule has 0 radical (unpaired) electrons. The molecule has 0 aliphatic carbocycles. The molecule has 1 aliphatic rings. The quantitative estimate of drug-likeness (QED) is 0.828. The molecule has 118 valence electrons. The average molecular weight is 292 g/mol. The summed E-state index contributed by atoms with van der Waals surface area (Å²) in [5, 5.41) is 3.60. The molecule has 1 aromatic carbocycles. The molecule has 0 bridgehead atoms. The maximum absolute atomic E-state index is 13.6. The molecule has 2 unspecified atom stereocenters. The Bertz CT molecular complexity index is 419. The monoisotopic (exact) mass is 292 g/mol. The first-order valence-electron chi connectivity index (χ1n) is 8.40. The van der Waals surface area contributed by atoms with Crippen molar-refractivity contribution in [1.82, 2.24) is 10.2 Å². The lowest BCUT2D eigenvalue weighted by atomic mass is 9.91. The Balaban J connectivity index is 1.74. The summed E-state index contributed by atoms with van der Waals surface area (Å²) in [6.07, 6.45) is 4.63. The Hall–Kier alpha value is -0.930. The van der Waals surface area contributed by atoms with E-state index in [0.717, 1.165) is 24.4 Å². The van der Waals surface area contributed by atoms with Gasteiger partial charge in [-0.15, -0.1) is 0 Å². The minimum Gasteiger partial charge on any atom is -0.314 e. The lowest BCUT2D eigenvalue weighted by Crippen LogP contribution is -2.45. The van der Waals surface area contributed by atoms with Crippen molar-refractivity contribution < 1.29 is 4.39 Å². The SMILES string of the molecule is CCCN1CCCC(C(C)NCCc2ccccc2F)C1. The fraction of sp³-hybridized carbons (Fsp3) is 0.667. The summed E-state index contributed by atoms with van der Waals surface area (Å²) in [7, 11) is 0. The maximum Gasteiger partial charge on any atom is 0.126 e. The van der Waals surface area contributed by atoms with Gasteiger partial charge in [0.05, 0.1) is 0 Å². The number of nitrogens with zero attached hydrogens (tertiary/aromatic N) is 1. The van der Waals surface area contributed by atoms with Crippen LogP contribution in [0.5, 0.6) is 0 Å². The van der Waals surface area contributed by atoms with E-state index in [1.54, 1.807) is 12.1 Å². The molecule has 1 heterocycles. The number of likely N-dealkylation sites (tertiary alicyclic amines) is 1. The second-order valence-corrected chi connectivity index (χ2v) is 6.29. The van der Waals surface area contributed by atoms with Gasteiger partial charge in [0.15, 0.2) is 0 Å². The van der Waals surface area contributed by atoms with Crippen LogP contribution in [0.25, 0.3) is 0 Å². The van der Waals surface area contributed by atoms with Crippen molar-refractivity contribution in [3.05, 3.63) is 35.6 Å². The standard InChI is InChI=1S/C18H29FN2/c1-3-12-21-13-6-8-17(14-21)15(2)20-11-10-16-7-4-5-9-18(16)19/h4-5,7,9,15,17,20H,3,6,8,10-14H2,1-2H3. The van der Waals surface area contributed by atoms with Gasteiger partial charge in [0.1, 0.15) is 5.82 Å². The van der Waals surface area contributed by atoms with E-state index >= 15 is 0 Å². The molecule has 1 fully saturated rings. The van der Waals surface area contributed by atoms with E-state index in [1.807, 2.05) is 12.1 Å². The number of rotatable bonds is 7. The highest BCUT2D eigenvalue weighted by molar-refractivity contribution is 5.17. The number of piperidine rings is 1. The van der Waals surface area contributed by atoms with Crippen molar-refractivity contribution in [2.75, 3.05) is 26.2 Å². The van der Waals surface area contributed by atoms with Crippen LogP contribution in [0.1, 0.15) is 38.7 Å². The normalized spacial score (nSPS) is 21.4. The van der Waals surface area contributed by atoms with Gasteiger partial charge < -0.3 is 10.2 Å². The Labute approximate surface area is 128 Å². The van der Waals surface area contributed by atoms with E-state index < -0.39 is 0 Å². The molecule has 0 aromatic heterocycles. The lowest BCUT2D eigenvalue weighted by molar-refractivity contribution is 0.151. The molecule has 0 spiro atoms. The van der Waals surface area contributed by atoms with Crippen LogP contribution in [0.4, 0.5) is 4.39 Å². The predicted octanol–water partition coefficient (Wildman–Crippen LogP) is 3.47. The second-order valence-electron chi connectivity index (χ2n) is 6.29. The highest BCUT2D eigenvalue weighted by atomic mass is 19.1.